The van der Waals surface area contributed by atoms with Crippen molar-refractivity contribution in [3.8, 4) is 0 Å². The maximum Gasteiger partial charge on any atom is 0.246 e. The van der Waals surface area contributed by atoms with Gasteiger partial charge in [-0.05, 0) is 37.6 Å². The Labute approximate surface area is 126 Å². The molecule has 20 heavy (non-hydrogen) atoms. The maximum atomic E-state index is 13.9. The lowest BCUT2D eigenvalue weighted by Crippen LogP contribution is -2.52. The van der Waals surface area contributed by atoms with Crippen molar-refractivity contribution in [2.75, 3.05) is 26.2 Å². The molecule has 1 unspecified atom stereocenters. The molecule has 0 radical (unpaired) electrons. The first-order valence-corrected chi connectivity index (χ1v) is 8.91. The molecule has 1 aromatic carbocycles. The Morgan fingerprint density at radius 1 is 1.25 bits per heavy atom. The van der Waals surface area contributed by atoms with Crippen LogP contribution in [0.15, 0.2) is 27.6 Å². The van der Waals surface area contributed by atoms with E-state index in [1.54, 1.807) is 6.07 Å². The van der Waals surface area contributed by atoms with Gasteiger partial charge in [-0.25, -0.2) is 12.8 Å². The van der Waals surface area contributed by atoms with Crippen LogP contribution in [-0.2, 0) is 10.0 Å². The highest BCUT2D eigenvalue weighted by molar-refractivity contribution is 9.10. The zero-order valence-electron chi connectivity index (χ0n) is 10.9. The topological polar surface area (TPSA) is 40.6 Å². The van der Waals surface area contributed by atoms with Crippen molar-refractivity contribution in [1.82, 2.24) is 9.21 Å². The van der Waals surface area contributed by atoms with Crippen molar-refractivity contribution in [1.29, 1.82) is 0 Å². The number of sulfonamides is 1. The third-order valence-electron chi connectivity index (χ3n) is 4.06. The van der Waals surface area contributed by atoms with E-state index in [-0.39, 0.29) is 10.9 Å². The minimum Gasteiger partial charge on any atom is -0.298 e. The van der Waals surface area contributed by atoms with E-state index in [1.165, 1.54) is 16.4 Å². The molecule has 0 N–H and O–H groups in total. The van der Waals surface area contributed by atoms with E-state index in [0.29, 0.717) is 17.6 Å². The van der Waals surface area contributed by atoms with E-state index in [4.69, 9.17) is 0 Å². The van der Waals surface area contributed by atoms with E-state index in [0.717, 1.165) is 25.9 Å². The van der Waals surface area contributed by atoms with Crippen LogP contribution in [0.25, 0.3) is 0 Å². The Morgan fingerprint density at radius 3 is 2.80 bits per heavy atom. The van der Waals surface area contributed by atoms with Gasteiger partial charge in [0.25, 0.3) is 0 Å². The molecular weight excluding hydrogens is 347 g/mol. The highest BCUT2D eigenvalue weighted by Gasteiger charge is 2.37. The van der Waals surface area contributed by atoms with Crippen molar-refractivity contribution in [2.45, 2.75) is 23.8 Å². The van der Waals surface area contributed by atoms with Crippen molar-refractivity contribution < 1.29 is 12.8 Å². The zero-order valence-corrected chi connectivity index (χ0v) is 13.3. The average molecular weight is 363 g/mol. The van der Waals surface area contributed by atoms with Crippen LogP contribution in [0.4, 0.5) is 4.39 Å². The summed E-state index contributed by atoms with van der Waals surface area (Å²) in [7, 11) is -3.74. The van der Waals surface area contributed by atoms with Gasteiger partial charge in [0.05, 0.1) is 0 Å². The van der Waals surface area contributed by atoms with Crippen LogP contribution in [0, 0.1) is 5.82 Å². The summed E-state index contributed by atoms with van der Waals surface area (Å²) >= 11 is 3.14. The fraction of sp³-hybridized carbons (Fsp3) is 0.538. The SMILES string of the molecule is O=S(=O)(c1ccc(Br)cc1F)N1CCN2CCCC2C1. The molecular formula is C13H16BrFN2O2S. The van der Waals surface area contributed by atoms with Crippen LogP contribution in [0.5, 0.6) is 0 Å². The number of nitrogens with zero attached hydrogens (tertiary/aromatic N) is 2. The van der Waals surface area contributed by atoms with Gasteiger partial charge in [0.1, 0.15) is 10.7 Å². The summed E-state index contributed by atoms with van der Waals surface area (Å²) < 4.78 is 41.0. The molecule has 0 bridgehead atoms. The number of piperazine rings is 1. The van der Waals surface area contributed by atoms with Crippen molar-refractivity contribution in [3.63, 3.8) is 0 Å². The van der Waals surface area contributed by atoms with E-state index in [1.807, 2.05) is 0 Å². The van der Waals surface area contributed by atoms with Crippen LogP contribution >= 0.6 is 15.9 Å². The minimum atomic E-state index is -3.74. The second-order valence-corrected chi connectivity index (χ2v) is 8.09. The van der Waals surface area contributed by atoms with Gasteiger partial charge in [-0.3, -0.25) is 4.90 Å². The summed E-state index contributed by atoms with van der Waals surface area (Å²) in [5, 5.41) is 0. The van der Waals surface area contributed by atoms with Crippen molar-refractivity contribution in [3.05, 3.63) is 28.5 Å². The molecule has 1 atom stereocenters. The molecule has 2 fully saturated rings. The van der Waals surface area contributed by atoms with Crippen LogP contribution in [0.1, 0.15) is 12.8 Å². The predicted molar refractivity (Wildman–Crippen MR) is 77.5 cm³/mol. The molecule has 0 aliphatic carbocycles. The number of benzene rings is 1. The number of rotatable bonds is 2. The molecule has 4 nitrogen and oxygen atoms in total. The number of hydrogen-bond donors (Lipinski definition) is 0. The molecule has 0 aromatic heterocycles. The normalized spacial score (nSPS) is 24.8. The monoisotopic (exact) mass is 362 g/mol. The second-order valence-electron chi connectivity index (χ2n) is 5.27. The quantitative estimate of drug-likeness (QED) is 0.808. The highest BCUT2D eigenvalue weighted by Crippen LogP contribution is 2.27. The van der Waals surface area contributed by atoms with Gasteiger partial charge < -0.3 is 0 Å². The lowest BCUT2D eigenvalue weighted by molar-refractivity contribution is 0.158. The van der Waals surface area contributed by atoms with E-state index >= 15 is 0 Å². The van der Waals surface area contributed by atoms with Crippen LogP contribution < -0.4 is 0 Å². The van der Waals surface area contributed by atoms with Gasteiger partial charge in [-0.15, -0.1) is 0 Å². The highest BCUT2D eigenvalue weighted by atomic mass is 79.9. The summed E-state index contributed by atoms with van der Waals surface area (Å²) in [6.07, 6.45) is 2.14. The summed E-state index contributed by atoms with van der Waals surface area (Å²) in [4.78, 5) is 2.09. The first-order valence-electron chi connectivity index (χ1n) is 6.68. The molecule has 2 aliphatic heterocycles. The Hall–Kier alpha value is -0.500. The summed E-state index contributed by atoms with van der Waals surface area (Å²) in [6.45, 7) is 2.69. The van der Waals surface area contributed by atoms with Gasteiger partial charge in [0, 0.05) is 30.1 Å². The fourth-order valence-corrected chi connectivity index (χ4v) is 4.85. The van der Waals surface area contributed by atoms with Gasteiger partial charge in [-0.2, -0.15) is 4.31 Å². The predicted octanol–water partition coefficient (Wildman–Crippen LogP) is 2.06. The van der Waals surface area contributed by atoms with Crippen molar-refractivity contribution in [2.24, 2.45) is 0 Å². The van der Waals surface area contributed by atoms with E-state index in [2.05, 4.69) is 20.8 Å². The molecule has 3 rings (SSSR count). The first kappa shape index (κ1) is 14.4. The molecule has 0 spiro atoms. The molecule has 7 heteroatoms. The third-order valence-corrected chi connectivity index (χ3v) is 6.45. The number of fused-ring (bicyclic) bond motifs is 1. The van der Waals surface area contributed by atoms with Crippen molar-refractivity contribution >= 4 is 26.0 Å². The van der Waals surface area contributed by atoms with Crippen LogP contribution in [0.3, 0.4) is 0 Å². The largest absolute Gasteiger partial charge is 0.298 e. The number of halogens is 2. The summed E-state index contributed by atoms with van der Waals surface area (Å²) in [5.74, 6) is -0.701. The van der Waals surface area contributed by atoms with Crippen LogP contribution in [-0.4, -0.2) is 49.8 Å². The molecule has 0 amide bonds. The Balaban J connectivity index is 1.88. The Bertz CT molecular complexity index is 623. The lowest BCUT2D eigenvalue weighted by Gasteiger charge is -2.36. The maximum absolute atomic E-state index is 13.9. The second kappa shape index (κ2) is 5.36. The van der Waals surface area contributed by atoms with E-state index in [9.17, 15) is 12.8 Å². The van der Waals surface area contributed by atoms with E-state index < -0.39 is 15.8 Å². The molecule has 2 heterocycles. The average Bonchev–Trinajstić information content (AvgIpc) is 2.85. The zero-order chi connectivity index (χ0) is 14.3. The van der Waals surface area contributed by atoms with Gasteiger partial charge in [0.15, 0.2) is 0 Å². The molecule has 2 saturated heterocycles. The summed E-state index contributed by atoms with van der Waals surface area (Å²) in [5.41, 5.74) is 0. The standard InChI is InChI=1S/C13H16BrFN2O2S/c14-10-3-4-13(12(15)8-10)20(18,19)17-7-6-16-5-1-2-11(16)9-17/h3-4,8,11H,1-2,5-7,9H2. The molecule has 2 aliphatic rings. The number of hydrogen-bond acceptors (Lipinski definition) is 3. The molecule has 110 valence electrons. The molecule has 1 aromatic rings. The van der Waals surface area contributed by atoms with Crippen LogP contribution in [0.2, 0.25) is 0 Å². The van der Waals surface area contributed by atoms with Gasteiger partial charge in [-0.1, -0.05) is 15.9 Å². The van der Waals surface area contributed by atoms with Gasteiger partial charge >= 0.3 is 0 Å². The Morgan fingerprint density at radius 2 is 2.05 bits per heavy atom. The van der Waals surface area contributed by atoms with Gasteiger partial charge in [0.2, 0.25) is 10.0 Å². The fourth-order valence-electron chi connectivity index (χ4n) is 3.00. The minimum absolute atomic E-state index is 0.229. The Kier molecular flexibility index (Phi) is 3.87. The summed E-state index contributed by atoms with van der Waals surface area (Å²) in [6, 6.07) is 4.37. The molecule has 0 saturated carbocycles. The smallest absolute Gasteiger partial charge is 0.246 e. The lowest BCUT2D eigenvalue weighted by atomic mass is 10.2. The third kappa shape index (κ3) is 2.52. The first-order chi connectivity index (χ1) is 9.48.